The van der Waals surface area contributed by atoms with E-state index in [1.807, 2.05) is 0 Å². The lowest BCUT2D eigenvalue weighted by atomic mass is 9.87. The third-order valence-electron chi connectivity index (χ3n) is 5.55. The van der Waals surface area contributed by atoms with Gasteiger partial charge in [0.05, 0.1) is 0 Å². The highest BCUT2D eigenvalue weighted by atomic mass is 127. The van der Waals surface area contributed by atoms with Gasteiger partial charge in [0.1, 0.15) is 0 Å². The van der Waals surface area contributed by atoms with E-state index in [2.05, 4.69) is 94.8 Å². The zero-order valence-electron chi connectivity index (χ0n) is 20.2. The van der Waals surface area contributed by atoms with Crippen molar-refractivity contribution in [1.29, 1.82) is 0 Å². The van der Waals surface area contributed by atoms with Crippen molar-refractivity contribution in [1.82, 2.24) is 4.72 Å². The highest BCUT2D eigenvalue weighted by Gasteiger charge is 2.20. The van der Waals surface area contributed by atoms with E-state index >= 15 is 0 Å². The molecular weight excluding hydrogens is 533 g/mol. The van der Waals surface area contributed by atoms with Gasteiger partial charge < -0.3 is 4.55 Å². The van der Waals surface area contributed by atoms with Crippen LogP contribution in [0.2, 0.25) is 0 Å². The summed E-state index contributed by atoms with van der Waals surface area (Å²) in [5.74, 6) is 0. The molecule has 1 saturated carbocycles. The van der Waals surface area contributed by atoms with Crippen molar-refractivity contribution < 1.29 is 34.2 Å². The van der Waals surface area contributed by atoms with Crippen molar-refractivity contribution in [3.63, 3.8) is 0 Å². The van der Waals surface area contributed by atoms with E-state index in [0.717, 1.165) is 32.1 Å². The van der Waals surface area contributed by atoms with E-state index < -0.39 is 10.3 Å². The fraction of sp³-hybridized carbons (Fsp3) is 0.538. The molecule has 1 N–H and O–H groups in total. The minimum absolute atomic E-state index is 0.0703. The molecule has 0 radical (unpaired) electrons. The number of rotatable bonds is 4. The topological polar surface area (TPSA) is 69.2 Å². The summed E-state index contributed by atoms with van der Waals surface area (Å²) in [6, 6.07) is 18.3. The molecule has 0 unspecified atom stereocenters. The number of halogens is 1. The molecule has 1 aliphatic carbocycles. The van der Waals surface area contributed by atoms with E-state index in [0.29, 0.717) is 0 Å². The van der Waals surface area contributed by atoms with Gasteiger partial charge in [-0.1, -0.05) is 85.1 Å². The summed E-state index contributed by atoms with van der Waals surface area (Å²) >= 11 is -0.0703. The Morgan fingerprint density at radius 1 is 0.750 bits per heavy atom. The molecule has 2 aromatic carbocycles. The van der Waals surface area contributed by atoms with Crippen LogP contribution in [0, 0.1) is 7.14 Å². The van der Waals surface area contributed by atoms with Gasteiger partial charge in [0.25, 0.3) is 0 Å². The van der Waals surface area contributed by atoms with E-state index in [1.54, 1.807) is 0 Å². The zero-order chi connectivity index (χ0) is 24.0. The average Bonchev–Trinajstić information content (AvgIpc) is 2.67. The summed E-state index contributed by atoms with van der Waals surface area (Å²) < 4.78 is 35.8. The van der Waals surface area contributed by atoms with E-state index in [1.165, 1.54) is 18.3 Å². The molecule has 0 spiro atoms. The summed E-state index contributed by atoms with van der Waals surface area (Å²) in [5.41, 5.74) is 3.31. The summed E-state index contributed by atoms with van der Waals surface area (Å²) in [4.78, 5) is 0. The Hall–Kier alpha value is -0.960. The summed E-state index contributed by atoms with van der Waals surface area (Å²) in [5, 5.41) is 0. The Kier molecular flexibility index (Phi) is 9.76. The molecule has 32 heavy (non-hydrogen) atoms. The van der Waals surface area contributed by atoms with E-state index in [-0.39, 0.29) is 38.1 Å². The fourth-order valence-corrected chi connectivity index (χ4v) is 6.38. The Morgan fingerprint density at radius 3 is 1.44 bits per heavy atom. The summed E-state index contributed by atoms with van der Waals surface area (Å²) in [6.45, 7) is 13.6. The molecule has 2 aromatic rings. The van der Waals surface area contributed by atoms with Crippen LogP contribution < -0.4 is 25.9 Å². The molecule has 0 heterocycles. The normalized spacial score (nSPS) is 15.7. The lowest BCUT2D eigenvalue weighted by Gasteiger charge is -2.23. The first-order chi connectivity index (χ1) is 14.7. The van der Waals surface area contributed by atoms with E-state index in [4.69, 9.17) is 0 Å². The van der Waals surface area contributed by atoms with E-state index in [9.17, 15) is 13.0 Å². The number of nitrogens with one attached hydrogen (secondary N) is 1. The lowest BCUT2D eigenvalue weighted by Crippen LogP contribution is -3.61. The highest BCUT2D eigenvalue weighted by molar-refractivity contribution is 7.83. The quantitative estimate of drug-likeness (QED) is 0.454. The Labute approximate surface area is 205 Å². The van der Waals surface area contributed by atoms with Crippen LogP contribution in [0.15, 0.2) is 48.5 Å². The Balaban J connectivity index is 0.000000278. The second-order valence-electron chi connectivity index (χ2n) is 10.5. The fourth-order valence-electron chi connectivity index (χ4n) is 3.58. The third kappa shape index (κ3) is 9.89. The largest absolute Gasteiger partial charge is 0.735 e. The first-order valence-electron chi connectivity index (χ1n) is 11.3. The van der Waals surface area contributed by atoms with Crippen LogP contribution in [-0.4, -0.2) is 19.0 Å². The lowest BCUT2D eigenvalue weighted by molar-refractivity contribution is -0.597. The Morgan fingerprint density at radius 2 is 1.12 bits per heavy atom. The molecule has 1 aliphatic rings. The maximum atomic E-state index is 10.2. The number of benzene rings is 2. The van der Waals surface area contributed by atoms with Gasteiger partial charge in [-0.2, -0.15) is 0 Å². The van der Waals surface area contributed by atoms with Gasteiger partial charge in [0.15, 0.2) is 17.4 Å². The minimum Gasteiger partial charge on any atom is -0.735 e. The zero-order valence-corrected chi connectivity index (χ0v) is 23.2. The Bertz CT molecular complexity index is 879. The van der Waals surface area contributed by atoms with Crippen LogP contribution in [0.3, 0.4) is 0 Å². The predicted octanol–water partition coefficient (Wildman–Crippen LogP) is 2.78. The molecule has 0 amide bonds. The highest BCUT2D eigenvalue weighted by Crippen LogP contribution is 2.22. The minimum atomic E-state index is -4.22. The second-order valence-corrected chi connectivity index (χ2v) is 14.7. The van der Waals surface area contributed by atoms with Gasteiger partial charge in [-0.15, -0.1) is 0 Å². The average molecular weight is 572 g/mol. The van der Waals surface area contributed by atoms with Crippen LogP contribution in [0.25, 0.3) is 0 Å². The first kappa shape index (κ1) is 27.3. The van der Waals surface area contributed by atoms with Gasteiger partial charge in [-0.05, 0) is 59.1 Å². The van der Waals surface area contributed by atoms with Crippen molar-refractivity contribution in [3.05, 3.63) is 66.8 Å². The molecule has 0 aromatic heterocycles. The molecule has 178 valence electrons. The monoisotopic (exact) mass is 571 g/mol. The van der Waals surface area contributed by atoms with Gasteiger partial charge in [-0.25, -0.2) is 13.1 Å². The van der Waals surface area contributed by atoms with Crippen LogP contribution in [-0.2, 0) is 21.1 Å². The van der Waals surface area contributed by atoms with Crippen LogP contribution in [0.1, 0.15) is 84.8 Å². The van der Waals surface area contributed by atoms with Crippen LogP contribution in [0.5, 0.6) is 0 Å². The van der Waals surface area contributed by atoms with Gasteiger partial charge >= 0.3 is 21.2 Å². The summed E-state index contributed by atoms with van der Waals surface area (Å²) in [7, 11) is -4.22. The molecule has 0 atom stereocenters. The predicted molar refractivity (Wildman–Crippen MR) is 127 cm³/mol. The molecule has 0 bridgehead atoms. The van der Waals surface area contributed by atoms with Crippen molar-refractivity contribution >= 4 is 10.3 Å². The van der Waals surface area contributed by atoms with Gasteiger partial charge in [0.2, 0.25) is 0 Å². The smallest absolute Gasteiger partial charge is 0.357 e. The molecule has 1 fully saturated rings. The maximum absolute atomic E-state index is 10.2. The number of hydrogen-bond donors (Lipinski definition) is 1. The molecule has 0 aliphatic heterocycles. The molecule has 4 nitrogen and oxygen atoms in total. The van der Waals surface area contributed by atoms with Crippen molar-refractivity contribution in [2.45, 2.75) is 90.5 Å². The molecule has 6 heteroatoms. The summed E-state index contributed by atoms with van der Waals surface area (Å²) in [6.07, 6.45) is 4.81. The van der Waals surface area contributed by atoms with Crippen LogP contribution >= 0.6 is 0 Å². The van der Waals surface area contributed by atoms with Gasteiger partial charge in [0, 0.05) is 6.04 Å². The van der Waals surface area contributed by atoms with Crippen molar-refractivity contribution in [3.8, 4) is 0 Å². The standard InChI is InChI=1S/C20H26I.C6H13NO3S/c1-19(2,3)15-7-11-17(12-8-15)21-18-13-9-16(10-14-18)20(4,5)6;8-11(9,10)7-6-4-2-1-3-5-6/h7-14H,1-6H3;6-7H,1-5H2,(H,8,9,10)/q+1;/p-1. The van der Waals surface area contributed by atoms with Gasteiger partial charge in [-0.3, -0.25) is 0 Å². The molecule has 0 saturated heterocycles. The third-order valence-corrected chi connectivity index (χ3v) is 8.86. The SMILES string of the molecule is CC(C)(C)c1ccc([I+]c2ccc(C(C)(C)C)cc2)cc1.O=S(=O)([O-])NC1CCCCC1. The second kappa shape index (κ2) is 11.4. The van der Waals surface area contributed by atoms with Crippen molar-refractivity contribution in [2.24, 2.45) is 0 Å². The van der Waals surface area contributed by atoms with Crippen molar-refractivity contribution in [2.75, 3.05) is 0 Å². The van der Waals surface area contributed by atoms with Crippen LogP contribution in [0.4, 0.5) is 0 Å². The molecule has 3 rings (SSSR count). The maximum Gasteiger partial charge on any atom is 0.357 e. The first-order valence-corrected chi connectivity index (χ1v) is 14.9. The molecular formula is C26H38INO3S. The number of hydrogen-bond acceptors (Lipinski definition) is 3.